The van der Waals surface area contributed by atoms with Crippen molar-refractivity contribution >= 4 is 68.0 Å². The fourth-order valence-corrected chi connectivity index (χ4v) is 2.30. The first-order valence-corrected chi connectivity index (χ1v) is 8.06. The molecule has 2 bridgehead atoms. The smallest absolute Gasteiger partial charge is 0.161 e. The third kappa shape index (κ3) is 2.52. The van der Waals surface area contributed by atoms with Gasteiger partial charge in [0.05, 0.1) is 11.4 Å². The molecule has 0 fully saturated rings. The van der Waals surface area contributed by atoms with Crippen molar-refractivity contribution < 1.29 is 0 Å². The van der Waals surface area contributed by atoms with Crippen LogP contribution in [0.5, 0.6) is 0 Å². The molecule has 0 atom stereocenters. The number of hydrogen-bond donors (Lipinski definition) is 1. The molecule has 0 unspecified atom stereocenters. The summed E-state index contributed by atoms with van der Waals surface area (Å²) in [6.07, 6.45) is 3.91. The molecule has 90 valence electrons. The summed E-state index contributed by atoms with van der Waals surface area (Å²) >= 11 is 13.6. The van der Waals surface area contributed by atoms with Crippen LogP contribution in [0, 0.1) is 0 Å². The molecule has 1 aromatic carbocycles. The number of rotatable bonds is 1. The molecule has 0 saturated heterocycles. The largest absolute Gasteiger partial charge is 0.263 e. The van der Waals surface area contributed by atoms with Crippen LogP contribution in [0.25, 0.3) is 0 Å². The Bertz CT molecular complexity index is 445. The van der Waals surface area contributed by atoms with Crippen molar-refractivity contribution in [1.82, 2.24) is 5.43 Å². The van der Waals surface area contributed by atoms with Gasteiger partial charge in [0, 0.05) is 0 Å². The fraction of sp³-hybridized carbons (Fsp3) is 0.200. The van der Waals surface area contributed by atoms with Crippen molar-refractivity contribution in [3.63, 3.8) is 0 Å². The topological polar surface area (TPSA) is 18.5 Å². The summed E-state index contributed by atoms with van der Waals surface area (Å²) in [5, 5.41) is 3.82. The fourth-order valence-electron chi connectivity index (χ4n) is 1.49. The van der Waals surface area contributed by atoms with Gasteiger partial charge in [-0.05, 0) is 36.8 Å². The van der Waals surface area contributed by atoms with Gasteiger partial charge < -0.3 is 0 Å². The van der Waals surface area contributed by atoms with Gasteiger partial charge in [-0.25, -0.2) is 5.01 Å². The van der Waals surface area contributed by atoms with Crippen LogP contribution < -0.4 is 15.6 Å². The highest BCUT2D eigenvalue weighted by Crippen LogP contribution is 2.31. The van der Waals surface area contributed by atoms with E-state index in [1.165, 1.54) is 23.5 Å². The number of fused-ring (bicyclic) bond motifs is 3. The van der Waals surface area contributed by atoms with E-state index in [2.05, 4.69) is 5.43 Å². The van der Waals surface area contributed by atoms with Gasteiger partial charge in [-0.15, -0.1) is 0 Å². The Morgan fingerprint density at radius 2 is 1.65 bits per heavy atom. The second-order valence-corrected chi connectivity index (χ2v) is 6.14. The molecule has 0 amide bonds. The quantitative estimate of drug-likeness (QED) is 0.793. The lowest BCUT2D eigenvalue weighted by Crippen LogP contribution is -2.56. The van der Waals surface area contributed by atoms with Gasteiger partial charge in [0.25, 0.3) is 0 Å². The molecule has 17 heavy (non-hydrogen) atoms. The molecular weight excluding hydrogens is 290 g/mol. The molecule has 1 aromatic rings. The van der Waals surface area contributed by atoms with Gasteiger partial charge in [0.1, 0.15) is 0 Å². The molecule has 2 aliphatic heterocycles. The number of nitrogens with one attached hydrogen (secondary N) is 1. The third-order valence-corrected chi connectivity index (χ3v) is 4.52. The van der Waals surface area contributed by atoms with E-state index in [4.69, 9.17) is 24.4 Å². The van der Waals surface area contributed by atoms with Crippen LogP contribution in [-0.4, -0.2) is 21.2 Å². The molecular formula is C10H11N3S4. The number of benzene rings is 1. The van der Waals surface area contributed by atoms with Crippen LogP contribution >= 0.6 is 48.0 Å². The number of thiocarbonyl (C=S) groups is 2. The number of hydrogen-bond acceptors (Lipinski definition) is 5. The maximum Gasteiger partial charge on any atom is 0.161 e. The third-order valence-electron chi connectivity index (χ3n) is 2.27. The summed E-state index contributed by atoms with van der Waals surface area (Å²) in [7, 11) is 0. The van der Waals surface area contributed by atoms with Crippen LogP contribution in [0.2, 0.25) is 0 Å². The van der Waals surface area contributed by atoms with Crippen molar-refractivity contribution in [2.45, 2.75) is 0 Å². The van der Waals surface area contributed by atoms with Crippen LogP contribution in [0.4, 0.5) is 11.4 Å². The Labute approximate surface area is 120 Å². The summed E-state index contributed by atoms with van der Waals surface area (Å²) in [5.74, 6) is 0. The van der Waals surface area contributed by atoms with Crippen LogP contribution in [0.15, 0.2) is 24.3 Å². The molecule has 0 saturated carbocycles. The molecule has 3 rings (SSSR count). The van der Waals surface area contributed by atoms with Gasteiger partial charge in [-0.1, -0.05) is 48.0 Å². The van der Waals surface area contributed by atoms with Crippen molar-refractivity contribution in [2.75, 3.05) is 22.6 Å². The first-order valence-electron chi connectivity index (χ1n) is 4.80. The Kier molecular flexibility index (Phi) is 4.13. The molecule has 2 aliphatic rings. The normalized spacial score (nSPS) is 12.8. The monoisotopic (exact) mass is 301 g/mol. The van der Waals surface area contributed by atoms with E-state index in [1.54, 1.807) is 0 Å². The molecule has 3 nitrogen and oxygen atoms in total. The number of thioether (sulfide) groups is 2. The van der Waals surface area contributed by atoms with Crippen molar-refractivity contribution in [2.24, 2.45) is 0 Å². The predicted octanol–water partition coefficient (Wildman–Crippen LogP) is 3.03. The summed E-state index contributed by atoms with van der Waals surface area (Å²) in [6, 6.07) is 8.14. The molecule has 0 aromatic heterocycles. The van der Waals surface area contributed by atoms with E-state index >= 15 is 0 Å². The summed E-state index contributed by atoms with van der Waals surface area (Å²) in [5.41, 5.74) is 5.22. The first kappa shape index (κ1) is 12.9. The predicted molar refractivity (Wildman–Crippen MR) is 86.8 cm³/mol. The molecule has 0 spiro atoms. The highest BCUT2D eigenvalue weighted by atomic mass is 32.2. The Morgan fingerprint density at radius 1 is 1.06 bits per heavy atom. The van der Waals surface area contributed by atoms with Crippen LogP contribution in [-0.2, 0) is 0 Å². The Hall–Kier alpha value is -0.500. The zero-order valence-corrected chi connectivity index (χ0v) is 12.6. The number of hydrazine groups is 2. The minimum Gasteiger partial charge on any atom is -0.263 e. The van der Waals surface area contributed by atoms with Crippen molar-refractivity contribution in [3.05, 3.63) is 24.3 Å². The summed E-state index contributed by atoms with van der Waals surface area (Å²) < 4.78 is 1.49. The minimum absolute atomic E-state index is 0.710. The average molecular weight is 301 g/mol. The summed E-state index contributed by atoms with van der Waals surface area (Å²) in [4.78, 5) is 0. The van der Waals surface area contributed by atoms with Gasteiger partial charge in [0.2, 0.25) is 0 Å². The highest BCUT2D eigenvalue weighted by Gasteiger charge is 2.26. The van der Waals surface area contributed by atoms with E-state index in [0.29, 0.717) is 4.32 Å². The number of nitrogens with zero attached hydrogens (tertiary/aromatic N) is 2. The van der Waals surface area contributed by atoms with E-state index in [9.17, 15) is 0 Å². The lowest BCUT2D eigenvalue weighted by atomic mass is 10.2. The Morgan fingerprint density at radius 3 is 2.18 bits per heavy atom. The van der Waals surface area contributed by atoms with Gasteiger partial charge in [-0.2, -0.15) is 5.12 Å². The molecule has 0 radical (unpaired) electrons. The van der Waals surface area contributed by atoms with E-state index < -0.39 is 0 Å². The standard InChI is InChI=1S/C10H11N3S4/c1-16-9(14)11-13-8-5-3-7(4-6-8)12(13)10(15)17-2/h3-6H,1-2H3,(H,11,14). The maximum absolute atomic E-state index is 5.36. The minimum atomic E-state index is 0.710. The van der Waals surface area contributed by atoms with E-state index in [-0.39, 0.29) is 0 Å². The Balaban J connectivity index is 2.30. The SMILES string of the molecule is CSC(=S)NN1c2ccc(cc2)N1C(=S)SC. The second-order valence-electron chi connectivity index (χ2n) is 3.21. The van der Waals surface area contributed by atoms with E-state index in [0.717, 1.165) is 15.7 Å². The van der Waals surface area contributed by atoms with Gasteiger partial charge in [-0.3, -0.25) is 5.43 Å². The summed E-state index contributed by atoms with van der Waals surface area (Å²) in [6.45, 7) is 0. The van der Waals surface area contributed by atoms with Crippen molar-refractivity contribution in [1.29, 1.82) is 0 Å². The van der Waals surface area contributed by atoms with E-state index in [1.807, 2.05) is 46.9 Å². The molecule has 7 heteroatoms. The lowest BCUT2D eigenvalue weighted by Gasteiger charge is -2.40. The van der Waals surface area contributed by atoms with Crippen molar-refractivity contribution in [3.8, 4) is 0 Å². The molecule has 2 heterocycles. The zero-order chi connectivity index (χ0) is 12.4. The van der Waals surface area contributed by atoms with Gasteiger partial charge in [0.15, 0.2) is 8.64 Å². The zero-order valence-electron chi connectivity index (χ0n) is 9.34. The lowest BCUT2D eigenvalue weighted by molar-refractivity contribution is 0.800. The maximum atomic E-state index is 5.36. The number of anilines is 2. The highest BCUT2D eigenvalue weighted by molar-refractivity contribution is 8.23. The average Bonchev–Trinajstić information content (AvgIpc) is 2.39. The van der Waals surface area contributed by atoms with Gasteiger partial charge >= 0.3 is 0 Å². The van der Waals surface area contributed by atoms with Crippen LogP contribution in [0.1, 0.15) is 0 Å². The first-order chi connectivity index (χ1) is 8.17. The molecule has 0 aliphatic carbocycles. The van der Waals surface area contributed by atoms with Crippen LogP contribution in [0.3, 0.4) is 0 Å². The molecule has 1 N–H and O–H groups in total. The second kappa shape index (κ2) is 5.43.